The van der Waals surface area contributed by atoms with Crippen molar-refractivity contribution in [3.63, 3.8) is 0 Å². The third kappa shape index (κ3) is 6.97. The van der Waals surface area contributed by atoms with E-state index >= 15 is 0 Å². The van der Waals surface area contributed by atoms with Gasteiger partial charge in [-0.05, 0) is 49.3 Å². The first-order valence-corrected chi connectivity index (χ1v) is 11.8. The van der Waals surface area contributed by atoms with E-state index in [-0.39, 0.29) is 30.5 Å². The van der Waals surface area contributed by atoms with Crippen LogP contribution >= 0.6 is 0 Å². The minimum Gasteiger partial charge on any atom is -0.376 e. The first kappa shape index (κ1) is 26.5. The van der Waals surface area contributed by atoms with Gasteiger partial charge >= 0.3 is 6.18 Å². The predicted octanol–water partition coefficient (Wildman–Crippen LogP) is 4.00. The third-order valence-electron chi connectivity index (χ3n) is 6.20. The van der Waals surface area contributed by atoms with E-state index in [4.69, 9.17) is 0 Å². The fourth-order valence-corrected chi connectivity index (χ4v) is 4.25. The highest BCUT2D eigenvalue weighted by molar-refractivity contribution is 5.81. The van der Waals surface area contributed by atoms with E-state index in [0.717, 1.165) is 22.9 Å². The summed E-state index contributed by atoms with van der Waals surface area (Å²) >= 11 is 0. The van der Waals surface area contributed by atoms with E-state index in [0.29, 0.717) is 39.0 Å². The summed E-state index contributed by atoms with van der Waals surface area (Å²) in [7, 11) is 3.71. The molecule has 0 aliphatic carbocycles. The lowest BCUT2D eigenvalue weighted by Gasteiger charge is -2.30. The van der Waals surface area contributed by atoms with Crippen molar-refractivity contribution in [3.05, 3.63) is 64.7 Å². The molecule has 2 aromatic carbocycles. The van der Waals surface area contributed by atoms with E-state index in [9.17, 15) is 22.8 Å². The Morgan fingerprint density at radius 1 is 1.06 bits per heavy atom. The lowest BCUT2D eigenvalue weighted by atomic mass is 9.97. The molecule has 0 fully saturated rings. The number of rotatable bonds is 9. The Labute approximate surface area is 204 Å². The van der Waals surface area contributed by atoms with Crippen LogP contribution < -0.4 is 5.32 Å². The Hall–Kier alpha value is -3.07. The van der Waals surface area contributed by atoms with E-state index in [1.165, 1.54) is 17.0 Å². The molecule has 2 amide bonds. The lowest BCUT2D eigenvalue weighted by molar-refractivity contribution is -0.139. The molecule has 1 aliphatic heterocycles. The van der Waals surface area contributed by atoms with E-state index in [1.54, 1.807) is 6.07 Å². The summed E-state index contributed by atoms with van der Waals surface area (Å²) in [5.41, 5.74) is 2.29. The molecule has 190 valence electrons. The van der Waals surface area contributed by atoms with Crippen molar-refractivity contribution < 1.29 is 22.8 Å². The number of alkyl halides is 3. The molecule has 1 heterocycles. The summed E-state index contributed by atoms with van der Waals surface area (Å²) in [6.07, 6.45) is -3.34. The maximum atomic E-state index is 13.5. The van der Waals surface area contributed by atoms with Crippen molar-refractivity contribution in [2.24, 2.45) is 0 Å². The van der Waals surface area contributed by atoms with Crippen molar-refractivity contribution in [1.29, 1.82) is 0 Å². The maximum Gasteiger partial charge on any atom is 0.416 e. The summed E-state index contributed by atoms with van der Waals surface area (Å²) < 4.78 is 40.5. The molecule has 1 N–H and O–H groups in total. The summed E-state index contributed by atoms with van der Waals surface area (Å²) in [4.78, 5) is 30.4. The van der Waals surface area contributed by atoms with Gasteiger partial charge in [-0.15, -0.1) is 0 Å². The van der Waals surface area contributed by atoms with Gasteiger partial charge < -0.3 is 20.0 Å². The number of halogens is 3. The molecular weight excluding hydrogens is 457 g/mol. The highest BCUT2D eigenvalue weighted by Crippen LogP contribution is 2.32. The number of fused-ring (bicyclic) bond motifs is 1. The van der Waals surface area contributed by atoms with Gasteiger partial charge in [-0.1, -0.05) is 37.3 Å². The highest BCUT2D eigenvalue weighted by Gasteiger charge is 2.33. The summed E-state index contributed by atoms with van der Waals surface area (Å²) in [6, 6.07) is 11.1. The van der Waals surface area contributed by atoms with E-state index in [1.807, 2.05) is 49.0 Å². The van der Waals surface area contributed by atoms with Crippen LogP contribution in [-0.2, 0) is 35.3 Å². The van der Waals surface area contributed by atoms with Crippen molar-refractivity contribution in [2.45, 2.75) is 39.0 Å². The fourth-order valence-electron chi connectivity index (χ4n) is 4.25. The van der Waals surface area contributed by atoms with Gasteiger partial charge in [-0.25, -0.2) is 0 Å². The SMILES string of the molecule is CCC(=O)N1CCc2c(cccc2NCC(=O)N(CCN(C)C)Cc2ccccc2C(F)(F)F)C1. The molecule has 0 aromatic heterocycles. The van der Waals surface area contributed by atoms with Gasteiger partial charge in [0.05, 0.1) is 12.1 Å². The molecule has 0 bridgehead atoms. The Morgan fingerprint density at radius 2 is 1.80 bits per heavy atom. The molecule has 35 heavy (non-hydrogen) atoms. The molecule has 2 aromatic rings. The zero-order chi connectivity index (χ0) is 25.6. The van der Waals surface area contributed by atoms with Crippen molar-refractivity contribution in [3.8, 4) is 0 Å². The Morgan fingerprint density at radius 3 is 2.49 bits per heavy atom. The zero-order valence-electron chi connectivity index (χ0n) is 20.5. The van der Waals surface area contributed by atoms with Crippen LogP contribution in [0.4, 0.5) is 18.9 Å². The Balaban J connectivity index is 1.73. The quantitative estimate of drug-likeness (QED) is 0.577. The van der Waals surface area contributed by atoms with Crippen LogP contribution in [0.3, 0.4) is 0 Å². The van der Waals surface area contributed by atoms with Gasteiger partial charge in [0.1, 0.15) is 0 Å². The lowest BCUT2D eigenvalue weighted by Crippen LogP contribution is -2.40. The molecular formula is C26H33F3N4O2. The normalized spacial score (nSPS) is 13.5. The van der Waals surface area contributed by atoms with Crippen LogP contribution in [0.1, 0.15) is 35.6 Å². The summed E-state index contributed by atoms with van der Waals surface area (Å²) in [5, 5.41) is 3.20. The van der Waals surface area contributed by atoms with Crippen LogP contribution in [-0.4, -0.2) is 66.8 Å². The highest BCUT2D eigenvalue weighted by atomic mass is 19.4. The third-order valence-corrected chi connectivity index (χ3v) is 6.20. The van der Waals surface area contributed by atoms with Crippen LogP contribution in [0.2, 0.25) is 0 Å². The maximum absolute atomic E-state index is 13.5. The van der Waals surface area contributed by atoms with Gasteiger partial charge in [-0.3, -0.25) is 9.59 Å². The minimum absolute atomic E-state index is 0.0321. The van der Waals surface area contributed by atoms with Crippen LogP contribution in [0, 0.1) is 0 Å². The van der Waals surface area contributed by atoms with Gasteiger partial charge in [-0.2, -0.15) is 13.2 Å². The van der Waals surface area contributed by atoms with Crippen LogP contribution in [0.5, 0.6) is 0 Å². The number of carbonyl (C=O) groups excluding carboxylic acids is 2. The van der Waals surface area contributed by atoms with Crippen LogP contribution in [0.25, 0.3) is 0 Å². The average Bonchev–Trinajstić information content (AvgIpc) is 2.83. The predicted molar refractivity (Wildman–Crippen MR) is 130 cm³/mol. The standard InChI is InChI=1S/C26H33F3N4O2/c1-4-24(34)32-13-12-21-19(17-32)9-7-11-23(21)30-16-25(35)33(15-14-31(2)3)18-20-8-5-6-10-22(20)26(27,28)29/h5-11,30H,4,12-18H2,1-3H3. The second-order valence-electron chi connectivity index (χ2n) is 8.99. The van der Waals surface area contributed by atoms with Crippen molar-refractivity contribution in [2.75, 3.05) is 45.6 Å². The van der Waals surface area contributed by atoms with Gasteiger partial charge in [0, 0.05) is 44.8 Å². The monoisotopic (exact) mass is 490 g/mol. The molecule has 6 nitrogen and oxygen atoms in total. The van der Waals surface area contributed by atoms with Crippen molar-refractivity contribution >= 4 is 17.5 Å². The van der Waals surface area contributed by atoms with Gasteiger partial charge in [0.15, 0.2) is 0 Å². The second-order valence-corrected chi connectivity index (χ2v) is 8.99. The number of nitrogens with zero attached hydrogens (tertiary/aromatic N) is 3. The average molecular weight is 491 g/mol. The molecule has 0 radical (unpaired) electrons. The number of carbonyl (C=O) groups is 2. The number of hydrogen-bond acceptors (Lipinski definition) is 4. The first-order chi connectivity index (χ1) is 16.6. The first-order valence-electron chi connectivity index (χ1n) is 11.8. The summed E-state index contributed by atoms with van der Waals surface area (Å²) in [5.74, 6) is -0.167. The van der Waals surface area contributed by atoms with Crippen LogP contribution in [0.15, 0.2) is 42.5 Å². The molecule has 0 saturated heterocycles. The molecule has 0 atom stereocenters. The Kier molecular flexibility index (Phi) is 8.77. The zero-order valence-corrected chi connectivity index (χ0v) is 20.5. The summed E-state index contributed by atoms with van der Waals surface area (Å²) in [6.45, 7) is 3.68. The molecule has 0 saturated carbocycles. The van der Waals surface area contributed by atoms with E-state index in [2.05, 4.69) is 5.32 Å². The van der Waals surface area contributed by atoms with Gasteiger partial charge in [0.2, 0.25) is 11.8 Å². The smallest absolute Gasteiger partial charge is 0.376 e. The molecule has 9 heteroatoms. The Bertz CT molecular complexity index is 1040. The molecule has 0 spiro atoms. The van der Waals surface area contributed by atoms with Gasteiger partial charge in [0.25, 0.3) is 0 Å². The topological polar surface area (TPSA) is 55.9 Å². The number of nitrogens with one attached hydrogen (secondary N) is 1. The number of amides is 2. The van der Waals surface area contributed by atoms with E-state index < -0.39 is 11.7 Å². The fraction of sp³-hybridized carbons (Fsp3) is 0.462. The number of anilines is 1. The molecule has 3 rings (SSSR count). The number of hydrogen-bond donors (Lipinski definition) is 1. The van der Waals surface area contributed by atoms with Crippen molar-refractivity contribution in [1.82, 2.24) is 14.7 Å². The molecule has 0 unspecified atom stereocenters. The minimum atomic E-state index is -4.48. The number of benzene rings is 2. The molecule has 1 aliphatic rings. The second kappa shape index (κ2) is 11.6. The number of likely N-dealkylation sites (N-methyl/N-ethyl adjacent to an activating group) is 1. The largest absolute Gasteiger partial charge is 0.416 e.